The van der Waals surface area contributed by atoms with Crippen LogP contribution >= 0.6 is 11.9 Å². The summed E-state index contributed by atoms with van der Waals surface area (Å²) in [5.41, 5.74) is -0.211. The standard InChI is InChI=1S/C9H19ClO/c1-6-7(2)8(3)9(4,5)11-10/h7-8H,6H2,1-5H3. The molecule has 2 heteroatoms. The third-order valence-electron chi connectivity index (χ3n) is 2.79. The van der Waals surface area contributed by atoms with E-state index < -0.39 is 0 Å². The van der Waals surface area contributed by atoms with E-state index in [9.17, 15) is 0 Å². The van der Waals surface area contributed by atoms with Crippen LogP contribution in [0.5, 0.6) is 0 Å². The van der Waals surface area contributed by atoms with Crippen LogP contribution in [0.4, 0.5) is 0 Å². The highest BCUT2D eigenvalue weighted by Gasteiger charge is 2.29. The molecule has 2 unspecified atom stereocenters. The second-order valence-electron chi connectivity index (χ2n) is 3.85. The lowest BCUT2D eigenvalue weighted by atomic mass is 9.81. The zero-order valence-corrected chi connectivity index (χ0v) is 8.90. The molecular formula is C9H19ClO. The first-order valence-electron chi connectivity index (χ1n) is 4.25. The van der Waals surface area contributed by atoms with E-state index in [2.05, 4.69) is 20.8 Å². The zero-order valence-electron chi connectivity index (χ0n) is 8.15. The summed E-state index contributed by atoms with van der Waals surface area (Å²) >= 11 is 5.39. The maximum Gasteiger partial charge on any atom is 0.0869 e. The molecule has 0 radical (unpaired) electrons. The molecule has 0 amide bonds. The Morgan fingerprint density at radius 1 is 1.36 bits per heavy atom. The highest BCUT2D eigenvalue weighted by molar-refractivity contribution is 6.07. The van der Waals surface area contributed by atoms with Crippen LogP contribution in [0, 0.1) is 11.8 Å². The van der Waals surface area contributed by atoms with E-state index in [1.807, 2.05) is 13.8 Å². The van der Waals surface area contributed by atoms with Gasteiger partial charge in [-0.05, 0) is 25.7 Å². The largest absolute Gasteiger partial charge is 0.273 e. The van der Waals surface area contributed by atoms with Gasteiger partial charge in [-0.15, -0.1) is 0 Å². The van der Waals surface area contributed by atoms with E-state index in [4.69, 9.17) is 16.2 Å². The van der Waals surface area contributed by atoms with Crippen molar-refractivity contribution in [2.75, 3.05) is 0 Å². The van der Waals surface area contributed by atoms with Crippen LogP contribution in [0.25, 0.3) is 0 Å². The van der Waals surface area contributed by atoms with Crippen molar-refractivity contribution in [1.29, 1.82) is 0 Å². The monoisotopic (exact) mass is 178 g/mol. The SMILES string of the molecule is CCC(C)C(C)C(C)(C)OCl. The summed E-state index contributed by atoms with van der Waals surface area (Å²) in [6.45, 7) is 10.6. The molecule has 1 nitrogen and oxygen atoms in total. The highest BCUT2D eigenvalue weighted by Crippen LogP contribution is 2.30. The van der Waals surface area contributed by atoms with Crippen molar-refractivity contribution in [2.24, 2.45) is 11.8 Å². The number of hydrogen-bond acceptors (Lipinski definition) is 1. The van der Waals surface area contributed by atoms with Gasteiger partial charge >= 0.3 is 0 Å². The molecule has 0 fully saturated rings. The Morgan fingerprint density at radius 3 is 2.09 bits per heavy atom. The summed E-state index contributed by atoms with van der Waals surface area (Å²) in [5, 5.41) is 0. The molecule has 0 spiro atoms. The van der Waals surface area contributed by atoms with Crippen molar-refractivity contribution < 1.29 is 4.29 Å². The Balaban J connectivity index is 4.10. The van der Waals surface area contributed by atoms with Gasteiger partial charge in [-0.1, -0.05) is 27.2 Å². The van der Waals surface area contributed by atoms with Crippen molar-refractivity contribution in [3.8, 4) is 0 Å². The number of hydrogen-bond donors (Lipinski definition) is 0. The lowest BCUT2D eigenvalue weighted by Crippen LogP contribution is -2.33. The van der Waals surface area contributed by atoms with Gasteiger partial charge in [0.15, 0.2) is 0 Å². The Labute approximate surface area is 75.2 Å². The quantitative estimate of drug-likeness (QED) is 0.639. The zero-order chi connectivity index (χ0) is 9.07. The van der Waals surface area contributed by atoms with E-state index in [0.717, 1.165) is 0 Å². The molecule has 0 aromatic heterocycles. The lowest BCUT2D eigenvalue weighted by Gasteiger charge is -2.32. The van der Waals surface area contributed by atoms with E-state index in [0.29, 0.717) is 11.8 Å². The molecule has 0 aromatic carbocycles. The summed E-state index contributed by atoms with van der Waals surface area (Å²) in [6.07, 6.45) is 1.17. The minimum Gasteiger partial charge on any atom is -0.273 e. The van der Waals surface area contributed by atoms with Crippen molar-refractivity contribution in [3.05, 3.63) is 0 Å². The molecule has 68 valence electrons. The third-order valence-corrected chi connectivity index (χ3v) is 3.19. The molecule has 0 saturated heterocycles. The lowest BCUT2D eigenvalue weighted by molar-refractivity contribution is 0.0349. The van der Waals surface area contributed by atoms with Crippen molar-refractivity contribution in [3.63, 3.8) is 0 Å². The van der Waals surface area contributed by atoms with Crippen LogP contribution in [0.2, 0.25) is 0 Å². The van der Waals surface area contributed by atoms with Gasteiger partial charge in [-0.3, -0.25) is 4.29 Å². The fourth-order valence-corrected chi connectivity index (χ4v) is 1.25. The molecule has 0 aliphatic carbocycles. The predicted molar refractivity (Wildman–Crippen MR) is 49.6 cm³/mol. The maximum atomic E-state index is 5.39. The Bertz CT molecular complexity index is 112. The second kappa shape index (κ2) is 4.32. The maximum absolute atomic E-state index is 5.39. The fraction of sp³-hybridized carbons (Fsp3) is 1.00. The molecule has 0 rings (SSSR count). The minimum atomic E-state index is -0.211. The molecular weight excluding hydrogens is 160 g/mol. The van der Waals surface area contributed by atoms with Gasteiger partial charge < -0.3 is 0 Å². The Morgan fingerprint density at radius 2 is 1.82 bits per heavy atom. The number of rotatable bonds is 4. The highest BCUT2D eigenvalue weighted by atomic mass is 35.5. The third kappa shape index (κ3) is 3.00. The van der Waals surface area contributed by atoms with Crippen LogP contribution in [0.1, 0.15) is 41.0 Å². The summed E-state index contributed by atoms with van der Waals surface area (Å²) in [5.74, 6) is 1.15. The van der Waals surface area contributed by atoms with Gasteiger partial charge in [0.05, 0.1) is 17.5 Å². The first-order chi connectivity index (χ1) is 4.95. The molecule has 11 heavy (non-hydrogen) atoms. The normalized spacial score (nSPS) is 18.0. The van der Waals surface area contributed by atoms with Gasteiger partial charge in [0, 0.05) is 0 Å². The molecule has 0 heterocycles. The van der Waals surface area contributed by atoms with E-state index in [1.54, 1.807) is 0 Å². The molecule has 0 aliphatic heterocycles. The summed E-state index contributed by atoms with van der Waals surface area (Å²) in [7, 11) is 0. The molecule has 0 aromatic rings. The van der Waals surface area contributed by atoms with Crippen LogP contribution in [-0.4, -0.2) is 5.60 Å². The smallest absolute Gasteiger partial charge is 0.0869 e. The first kappa shape index (κ1) is 11.2. The minimum absolute atomic E-state index is 0.211. The van der Waals surface area contributed by atoms with Gasteiger partial charge in [0.1, 0.15) is 0 Å². The van der Waals surface area contributed by atoms with Crippen LogP contribution in [0.15, 0.2) is 0 Å². The van der Waals surface area contributed by atoms with Crippen molar-refractivity contribution >= 4 is 11.9 Å². The second-order valence-corrected chi connectivity index (χ2v) is 4.01. The van der Waals surface area contributed by atoms with Gasteiger partial charge in [0.2, 0.25) is 0 Å². The summed E-state index contributed by atoms with van der Waals surface area (Å²) in [4.78, 5) is 0. The predicted octanol–water partition coefficient (Wildman–Crippen LogP) is 3.62. The van der Waals surface area contributed by atoms with Crippen LogP contribution in [-0.2, 0) is 4.29 Å². The van der Waals surface area contributed by atoms with E-state index >= 15 is 0 Å². The van der Waals surface area contributed by atoms with Crippen molar-refractivity contribution in [2.45, 2.75) is 46.6 Å². The Hall–Kier alpha value is 0.250. The molecule has 0 N–H and O–H groups in total. The fourth-order valence-electron chi connectivity index (χ4n) is 1.11. The van der Waals surface area contributed by atoms with Gasteiger partial charge in [-0.25, -0.2) is 0 Å². The van der Waals surface area contributed by atoms with E-state index in [1.165, 1.54) is 6.42 Å². The summed E-state index contributed by atoms with van der Waals surface area (Å²) < 4.78 is 4.89. The molecule has 2 atom stereocenters. The number of halogens is 1. The molecule has 0 bridgehead atoms. The van der Waals surface area contributed by atoms with Gasteiger partial charge in [-0.2, -0.15) is 0 Å². The molecule has 0 saturated carbocycles. The molecule has 0 aliphatic rings. The Kier molecular flexibility index (Phi) is 4.42. The van der Waals surface area contributed by atoms with Crippen LogP contribution < -0.4 is 0 Å². The van der Waals surface area contributed by atoms with Gasteiger partial charge in [0.25, 0.3) is 0 Å². The summed E-state index contributed by atoms with van der Waals surface area (Å²) in [6, 6.07) is 0. The topological polar surface area (TPSA) is 9.23 Å². The average molecular weight is 179 g/mol. The van der Waals surface area contributed by atoms with Crippen LogP contribution in [0.3, 0.4) is 0 Å². The average Bonchev–Trinajstić information content (AvgIpc) is 2.01. The van der Waals surface area contributed by atoms with Crippen molar-refractivity contribution in [1.82, 2.24) is 0 Å². The van der Waals surface area contributed by atoms with E-state index in [-0.39, 0.29) is 5.60 Å². The first-order valence-corrected chi connectivity index (χ1v) is 4.56.